The molecule has 0 aromatic carbocycles. The molecule has 474 valence electrons. The maximum atomic E-state index is 13.2. The minimum absolute atomic E-state index is 0.0167. The number of aliphatic hydroxyl groups excluding tert-OH is 2. The number of carbonyl (C=O) groups excluding carboxylic acids is 3. The molecule has 83 heavy (non-hydrogen) atoms. The van der Waals surface area contributed by atoms with Crippen LogP contribution in [-0.2, 0) is 42.9 Å². The maximum absolute atomic E-state index is 13.2. The number of carboxylic acid groups (broad SMARTS) is 1. The highest BCUT2D eigenvalue weighted by atomic mass is 16.7. The first-order valence-electron chi connectivity index (χ1n) is 33.2. The van der Waals surface area contributed by atoms with Gasteiger partial charge in [-0.05, 0) is 122 Å². The summed E-state index contributed by atoms with van der Waals surface area (Å²) in [7, 11) is 0. The quantitative estimate of drug-likeness (QED) is 0.0228. The Balaban J connectivity index is 2.68. The van der Waals surface area contributed by atoms with Crippen LogP contribution in [0.4, 0.5) is 0 Å². The molecule has 0 bridgehead atoms. The van der Waals surface area contributed by atoms with E-state index in [-0.39, 0.29) is 25.9 Å². The summed E-state index contributed by atoms with van der Waals surface area (Å²) >= 11 is 0. The molecule has 0 aliphatic carbocycles. The van der Waals surface area contributed by atoms with Gasteiger partial charge in [0.15, 0.2) is 24.6 Å². The van der Waals surface area contributed by atoms with Gasteiger partial charge in [-0.25, -0.2) is 4.79 Å². The smallest absolute Gasteiger partial charge is 0.335 e. The van der Waals surface area contributed by atoms with E-state index in [0.29, 0.717) is 19.3 Å². The highest BCUT2D eigenvalue weighted by molar-refractivity contribution is 5.74. The van der Waals surface area contributed by atoms with E-state index in [0.717, 1.165) is 122 Å². The van der Waals surface area contributed by atoms with Crippen molar-refractivity contribution in [1.82, 2.24) is 0 Å². The fourth-order valence-corrected chi connectivity index (χ4v) is 9.54. The summed E-state index contributed by atoms with van der Waals surface area (Å²) < 4.78 is 28.5. The molecule has 0 aromatic rings. The highest BCUT2D eigenvalue weighted by Crippen LogP contribution is 2.26. The molecule has 12 nitrogen and oxygen atoms in total. The van der Waals surface area contributed by atoms with Gasteiger partial charge >= 0.3 is 23.9 Å². The summed E-state index contributed by atoms with van der Waals surface area (Å²) in [5.41, 5.74) is 0. The molecule has 6 atom stereocenters. The SMILES string of the molecule is CC/C=C\C/C=C\C/C=C\C/C=C\C/C=C\CCCCCC(=O)OC1C(OCC(COC(=O)CCCCCCCCCCC/C=C\C/C=C\CCCCC)OC(=O)CCCCCCC/C=C\CCCCCCCC)OC(C(=O)O)C(O)C1O. The molecule has 1 saturated heterocycles. The lowest BCUT2D eigenvalue weighted by Gasteiger charge is -2.40. The van der Waals surface area contributed by atoms with Crippen molar-refractivity contribution in [3.05, 3.63) is 97.2 Å². The summed E-state index contributed by atoms with van der Waals surface area (Å²) in [5, 5.41) is 31.6. The number of carboxylic acids is 1. The number of unbranched alkanes of at least 4 members (excludes halogenated alkanes) is 26. The molecular weight excluding hydrogens is 1040 g/mol. The van der Waals surface area contributed by atoms with Gasteiger partial charge < -0.3 is 39.0 Å². The number of rotatable bonds is 56. The van der Waals surface area contributed by atoms with E-state index in [1.54, 1.807) is 0 Å². The molecule has 0 spiro atoms. The van der Waals surface area contributed by atoms with Crippen LogP contribution in [0.2, 0.25) is 0 Å². The monoisotopic (exact) mass is 1160 g/mol. The molecule has 0 amide bonds. The van der Waals surface area contributed by atoms with Gasteiger partial charge in [-0.3, -0.25) is 14.4 Å². The zero-order valence-corrected chi connectivity index (χ0v) is 52.4. The average molecular weight is 1160 g/mol. The summed E-state index contributed by atoms with van der Waals surface area (Å²) in [4.78, 5) is 51.4. The zero-order chi connectivity index (χ0) is 60.3. The van der Waals surface area contributed by atoms with Crippen molar-refractivity contribution in [3.8, 4) is 0 Å². The first kappa shape index (κ1) is 76.7. The normalized spacial score (nSPS) is 18.2. The largest absolute Gasteiger partial charge is 0.479 e. The number of aliphatic carboxylic acids is 1. The Labute approximate surface area is 504 Å². The average Bonchev–Trinajstić information content (AvgIpc) is 3.60. The third kappa shape index (κ3) is 47.6. The Morgan fingerprint density at radius 1 is 0.410 bits per heavy atom. The summed E-state index contributed by atoms with van der Waals surface area (Å²) in [6.45, 7) is 5.85. The predicted octanol–water partition coefficient (Wildman–Crippen LogP) is 18.0. The van der Waals surface area contributed by atoms with Gasteiger partial charge in [-0.1, -0.05) is 234 Å². The molecule has 1 rings (SSSR count). The van der Waals surface area contributed by atoms with Crippen LogP contribution in [0, 0.1) is 0 Å². The van der Waals surface area contributed by atoms with E-state index < -0.39 is 67.3 Å². The predicted molar refractivity (Wildman–Crippen MR) is 340 cm³/mol. The van der Waals surface area contributed by atoms with E-state index in [2.05, 4.69) is 118 Å². The van der Waals surface area contributed by atoms with Crippen molar-refractivity contribution < 1.29 is 58.2 Å². The van der Waals surface area contributed by atoms with Crippen LogP contribution < -0.4 is 0 Å². The van der Waals surface area contributed by atoms with Crippen LogP contribution in [0.5, 0.6) is 0 Å². The minimum atomic E-state index is -1.92. The number of carbonyl (C=O) groups is 4. The zero-order valence-electron chi connectivity index (χ0n) is 52.4. The van der Waals surface area contributed by atoms with E-state index in [1.807, 2.05) is 0 Å². The Bertz CT molecular complexity index is 1810. The molecular formula is C71H118O12. The van der Waals surface area contributed by atoms with Crippen molar-refractivity contribution in [1.29, 1.82) is 0 Å². The Morgan fingerprint density at radius 2 is 0.759 bits per heavy atom. The van der Waals surface area contributed by atoms with Crippen LogP contribution in [-0.4, -0.2) is 89.2 Å². The van der Waals surface area contributed by atoms with E-state index in [9.17, 15) is 34.5 Å². The second kappa shape index (κ2) is 58.0. The van der Waals surface area contributed by atoms with Crippen LogP contribution >= 0.6 is 0 Å². The van der Waals surface area contributed by atoms with Crippen molar-refractivity contribution in [2.24, 2.45) is 0 Å². The lowest BCUT2D eigenvalue weighted by Crippen LogP contribution is -2.61. The third-order valence-electron chi connectivity index (χ3n) is 14.6. The molecule has 1 fully saturated rings. The second-order valence-corrected chi connectivity index (χ2v) is 22.4. The van der Waals surface area contributed by atoms with Gasteiger partial charge in [0.2, 0.25) is 0 Å². The molecule has 1 aliphatic rings. The third-order valence-corrected chi connectivity index (χ3v) is 14.6. The number of allylic oxidation sites excluding steroid dienone is 16. The Hall–Kier alpha value is -4.36. The minimum Gasteiger partial charge on any atom is -0.479 e. The second-order valence-electron chi connectivity index (χ2n) is 22.4. The molecule has 1 heterocycles. The van der Waals surface area contributed by atoms with E-state index in [4.69, 9.17) is 23.7 Å². The van der Waals surface area contributed by atoms with E-state index >= 15 is 0 Å². The maximum Gasteiger partial charge on any atom is 0.335 e. The molecule has 1 aliphatic heterocycles. The fraction of sp³-hybridized carbons (Fsp3) is 0.718. The van der Waals surface area contributed by atoms with Gasteiger partial charge in [0, 0.05) is 19.3 Å². The fourth-order valence-electron chi connectivity index (χ4n) is 9.54. The van der Waals surface area contributed by atoms with Crippen LogP contribution in [0.1, 0.15) is 278 Å². The first-order valence-corrected chi connectivity index (χ1v) is 33.2. The first-order chi connectivity index (χ1) is 40.6. The van der Waals surface area contributed by atoms with Crippen molar-refractivity contribution in [2.45, 2.75) is 314 Å². The lowest BCUT2D eigenvalue weighted by atomic mass is 9.98. The van der Waals surface area contributed by atoms with E-state index in [1.165, 1.54) is 96.3 Å². The van der Waals surface area contributed by atoms with Gasteiger partial charge in [0.25, 0.3) is 0 Å². The topological polar surface area (TPSA) is 175 Å². The summed E-state index contributed by atoms with van der Waals surface area (Å²) in [6, 6.07) is 0. The van der Waals surface area contributed by atoms with Gasteiger partial charge in [0.1, 0.15) is 18.8 Å². The summed E-state index contributed by atoms with van der Waals surface area (Å²) in [6.07, 6.45) is 65.0. The molecule has 0 saturated carbocycles. The number of ether oxygens (including phenoxy) is 5. The molecule has 12 heteroatoms. The Morgan fingerprint density at radius 3 is 1.20 bits per heavy atom. The molecule has 0 aromatic heterocycles. The highest BCUT2D eigenvalue weighted by Gasteiger charge is 2.50. The molecule has 3 N–H and O–H groups in total. The van der Waals surface area contributed by atoms with Crippen LogP contribution in [0.25, 0.3) is 0 Å². The van der Waals surface area contributed by atoms with Gasteiger partial charge in [0.05, 0.1) is 6.61 Å². The number of hydrogen-bond donors (Lipinski definition) is 3. The molecule has 0 radical (unpaired) electrons. The van der Waals surface area contributed by atoms with Crippen molar-refractivity contribution >= 4 is 23.9 Å². The lowest BCUT2D eigenvalue weighted by molar-refractivity contribution is -0.301. The van der Waals surface area contributed by atoms with Gasteiger partial charge in [-0.2, -0.15) is 0 Å². The van der Waals surface area contributed by atoms with Crippen molar-refractivity contribution in [3.63, 3.8) is 0 Å². The van der Waals surface area contributed by atoms with Crippen LogP contribution in [0.3, 0.4) is 0 Å². The molecule has 6 unspecified atom stereocenters. The van der Waals surface area contributed by atoms with Crippen molar-refractivity contribution in [2.75, 3.05) is 13.2 Å². The number of esters is 3. The number of hydrogen-bond acceptors (Lipinski definition) is 11. The van der Waals surface area contributed by atoms with Gasteiger partial charge in [-0.15, -0.1) is 0 Å². The standard InChI is InChI=1S/C71H118O12/c1-4-7-10-13-16-19-22-25-28-30-32-34-37-39-42-45-48-51-54-57-63(72)79-60-62(81-64(73)58-55-52-49-46-43-40-36-27-24-21-18-15-12-9-6-3)61-80-71-69(67(76)66(75)68(83-71)70(77)78)82-65(74)59-56-53-50-47-44-41-38-35-33-31-29-26-23-20-17-14-11-8-5-2/h8,11,16-17,19-20,25-29,33,35-36,41,44,62,66-69,71,75-76H,4-7,9-10,12-15,18,21-24,30-32,34,37-40,42-43,45-61H2,1-3H3,(H,77,78)/b11-8-,19-16-,20-17-,28-25-,29-26-,35-33-,36-27-,44-41-. The number of aliphatic hydroxyl groups is 2. The Kier molecular flexibility index (Phi) is 53.6. The van der Waals surface area contributed by atoms with Crippen LogP contribution in [0.15, 0.2) is 97.2 Å². The summed E-state index contributed by atoms with van der Waals surface area (Å²) in [5.74, 6) is -3.17.